The highest BCUT2D eigenvalue weighted by molar-refractivity contribution is 6.60. The first-order valence-electron chi connectivity index (χ1n) is 6.42. The zero-order chi connectivity index (χ0) is 13.6. The van der Waals surface area contributed by atoms with Crippen LogP contribution in [0.15, 0.2) is 60.7 Å². The van der Waals surface area contributed by atoms with Crippen molar-refractivity contribution < 1.29 is 13.6 Å². The lowest BCUT2D eigenvalue weighted by molar-refractivity contribution is 0.249. The minimum absolute atomic E-state index is 0.525. The first-order chi connectivity index (χ1) is 9.22. The topological polar surface area (TPSA) is 38.7 Å². The van der Waals surface area contributed by atoms with Crippen LogP contribution in [-0.2, 0) is 0 Å². The molecule has 0 spiro atoms. The maximum atomic E-state index is 10.6. The van der Waals surface area contributed by atoms with Crippen molar-refractivity contribution in [2.24, 2.45) is 0 Å². The Bertz CT molecular complexity index is 446. The van der Waals surface area contributed by atoms with Gasteiger partial charge >= 0.3 is 8.80 Å². The predicted octanol–water partition coefficient (Wildman–Crippen LogP) is 3.49. The van der Waals surface area contributed by atoms with Crippen LogP contribution in [-0.4, -0.2) is 13.6 Å². The fourth-order valence-electron chi connectivity index (χ4n) is 1.78. The average Bonchev–Trinajstić information content (AvgIpc) is 2.41. The van der Waals surface area contributed by atoms with Gasteiger partial charge in [0.2, 0.25) is 0 Å². The molecule has 3 nitrogen and oxygen atoms in total. The van der Waals surface area contributed by atoms with Gasteiger partial charge in [-0.2, -0.15) is 0 Å². The van der Waals surface area contributed by atoms with Gasteiger partial charge in [0, 0.05) is 6.04 Å². The Balaban J connectivity index is 2.13. The van der Waals surface area contributed by atoms with Crippen molar-refractivity contribution in [1.82, 2.24) is 0 Å². The molecule has 0 aliphatic carbocycles. The van der Waals surface area contributed by atoms with Gasteiger partial charge in [0.05, 0.1) is 0 Å². The Labute approximate surface area is 114 Å². The summed E-state index contributed by atoms with van der Waals surface area (Å²) >= 11 is 0. The Morgan fingerprint density at radius 3 is 1.63 bits per heavy atom. The summed E-state index contributed by atoms with van der Waals surface area (Å²) in [7, 11) is -3.23. The van der Waals surface area contributed by atoms with Crippen LogP contribution in [0.2, 0.25) is 6.04 Å². The average molecular weight is 274 g/mol. The molecule has 1 N–H and O–H groups in total. The Morgan fingerprint density at radius 2 is 1.26 bits per heavy atom. The van der Waals surface area contributed by atoms with Gasteiger partial charge in [-0.15, -0.1) is 0 Å². The van der Waals surface area contributed by atoms with Gasteiger partial charge in [-0.1, -0.05) is 43.3 Å². The van der Waals surface area contributed by atoms with Crippen LogP contribution in [0.5, 0.6) is 11.5 Å². The molecule has 0 radical (unpaired) electrons. The van der Waals surface area contributed by atoms with Gasteiger partial charge in [-0.05, 0) is 30.7 Å². The van der Waals surface area contributed by atoms with Crippen LogP contribution in [0.3, 0.4) is 0 Å². The predicted molar refractivity (Wildman–Crippen MR) is 77.2 cm³/mol. The molecule has 0 bridgehead atoms. The van der Waals surface area contributed by atoms with Crippen molar-refractivity contribution in [3.8, 4) is 11.5 Å². The zero-order valence-corrected chi connectivity index (χ0v) is 12.0. The van der Waals surface area contributed by atoms with Crippen LogP contribution >= 0.6 is 0 Å². The number of rotatable bonds is 6. The third-order valence-corrected chi connectivity index (χ3v) is 4.85. The van der Waals surface area contributed by atoms with Crippen molar-refractivity contribution in [2.75, 3.05) is 0 Å². The molecule has 0 unspecified atom stereocenters. The Morgan fingerprint density at radius 1 is 0.842 bits per heavy atom. The minimum atomic E-state index is -3.23. The SMILES string of the molecule is CCC[Si](O)(Oc1ccccc1)Oc1ccccc1. The van der Waals surface area contributed by atoms with E-state index in [9.17, 15) is 4.80 Å². The summed E-state index contributed by atoms with van der Waals surface area (Å²) in [5.74, 6) is 1.28. The number of hydrogen-bond acceptors (Lipinski definition) is 3. The van der Waals surface area contributed by atoms with Gasteiger partial charge in [-0.3, -0.25) is 0 Å². The second kappa shape index (κ2) is 6.40. The second-order valence-electron chi connectivity index (χ2n) is 4.29. The molecule has 0 amide bonds. The molecule has 0 saturated carbocycles. The van der Waals surface area contributed by atoms with Crippen molar-refractivity contribution in [2.45, 2.75) is 19.4 Å². The molecular weight excluding hydrogens is 256 g/mol. The smallest absolute Gasteiger partial charge is 0.492 e. The quantitative estimate of drug-likeness (QED) is 0.820. The fraction of sp³-hybridized carbons (Fsp3) is 0.200. The molecule has 0 saturated heterocycles. The molecule has 0 heterocycles. The summed E-state index contributed by atoms with van der Waals surface area (Å²) < 4.78 is 11.4. The van der Waals surface area contributed by atoms with E-state index in [1.54, 1.807) is 0 Å². The van der Waals surface area contributed by atoms with Gasteiger partial charge in [0.1, 0.15) is 11.5 Å². The molecule has 4 heteroatoms. The normalized spacial score (nSPS) is 11.1. The first-order valence-corrected chi connectivity index (χ1v) is 8.39. The van der Waals surface area contributed by atoms with E-state index < -0.39 is 8.80 Å². The van der Waals surface area contributed by atoms with Crippen LogP contribution < -0.4 is 8.85 Å². The monoisotopic (exact) mass is 274 g/mol. The molecule has 2 aromatic rings. The molecule has 100 valence electrons. The molecule has 0 fully saturated rings. The summed E-state index contributed by atoms with van der Waals surface area (Å²) in [5.41, 5.74) is 0. The third kappa shape index (κ3) is 4.12. The van der Waals surface area contributed by atoms with Gasteiger partial charge in [0.25, 0.3) is 0 Å². The summed E-state index contributed by atoms with van der Waals surface area (Å²) in [5, 5.41) is 0. The molecule has 2 rings (SSSR count). The Hall–Kier alpha value is -1.78. The van der Waals surface area contributed by atoms with E-state index in [-0.39, 0.29) is 0 Å². The fourth-order valence-corrected chi connectivity index (χ4v) is 3.67. The molecule has 0 aliphatic rings. The van der Waals surface area contributed by atoms with E-state index >= 15 is 0 Å². The van der Waals surface area contributed by atoms with Crippen molar-refractivity contribution in [3.05, 3.63) is 60.7 Å². The number of benzene rings is 2. The van der Waals surface area contributed by atoms with Crippen molar-refractivity contribution in [1.29, 1.82) is 0 Å². The largest absolute Gasteiger partial charge is 0.629 e. The molecular formula is C15H18O3Si. The summed E-state index contributed by atoms with van der Waals surface area (Å²) in [6.07, 6.45) is 0.808. The highest BCUT2D eigenvalue weighted by Gasteiger charge is 2.41. The number of hydrogen-bond donors (Lipinski definition) is 1. The summed E-state index contributed by atoms with van der Waals surface area (Å²) in [6.45, 7) is 2.00. The van der Waals surface area contributed by atoms with Crippen LogP contribution in [0.1, 0.15) is 13.3 Å². The zero-order valence-electron chi connectivity index (χ0n) is 11.0. The van der Waals surface area contributed by atoms with E-state index in [0.29, 0.717) is 17.5 Å². The van der Waals surface area contributed by atoms with E-state index in [1.165, 1.54) is 0 Å². The molecule has 2 aromatic carbocycles. The third-order valence-electron chi connectivity index (χ3n) is 2.61. The second-order valence-corrected chi connectivity index (χ2v) is 6.63. The molecule has 19 heavy (non-hydrogen) atoms. The van der Waals surface area contributed by atoms with Gasteiger partial charge in [-0.25, -0.2) is 0 Å². The van der Waals surface area contributed by atoms with Crippen molar-refractivity contribution >= 4 is 8.80 Å². The highest BCUT2D eigenvalue weighted by Crippen LogP contribution is 2.22. The maximum Gasteiger partial charge on any atom is 0.629 e. The first kappa shape index (κ1) is 13.6. The molecule has 0 aliphatic heterocycles. The van der Waals surface area contributed by atoms with Gasteiger partial charge in [0.15, 0.2) is 0 Å². The summed E-state index contributed by atoms with van der Waals surface area (Å²) in [6, 6.07) is 19.1. The highest BCUT2D eigenvalue weighted by atomic mass is 28.4. The van der Waals surface area contributed by atoms with E-state index in [4.69, 9.17) is 8.85 Å². The van der Waals surface area contributed by atoms with Gasteiger partial charge < -0.3 is 13.6 Å². The Kier molecular flexibility index (Phi) is 4.60. The van der Waals surface area contributed by atoms with E-state index in [1.807, 2.05) is 67.6 Å². The lowest BCUT2D eigenvalue weighted by atomic mass is 10.3. The number of para-hydroxylation sites is 2. The lowest BCUT2D eigenvalue weighted by Gasteiger charge is -2.25. The van der Waals surface area contributed by atoms with Crippen LogP contribution in [0, 0.1) is 0 Å². The minimum Gasteiger partial charge on any atom is -0.492 e. The molecule has 0 atom stereocenters. The van der Waals surface area contributed by atoms with Crippen molar-refractivity contribution in [3.63, 3.8) is 0 Å². The van der Waals surface area contributed by atoms with Crippen LogP contribution in [0.25, 0.3) is 0 Å². The standard InChI is InChI=1S/C15H18O3Si/c1-2-13-19(16,17-14-9-5-3-6-10-14)18-15-11-7-4-8-12-15/h3-12,16H,2,13H2,1H3. The van der Waals surface area contributed by atoms with E-state index in [0.717, 1.165) is 6.42 Å². The van der Waals surface area contributed by atoms with E-state index in [2.05, 4.69) is 0 Å². The summed E-state index contributed by atoms with van der Waals surface area (Å²) in [4.78, 5) is 10.6. The maximum absolute atomic E-state index is 10.6. The van der Waals surface area contributed by atoms with Crippen LogP contribution in [0.4, 0.5) is 0 Å². The molecule has 0 aromatic heterocycles. The lowest BCUT2D eigenvalue weighted by Crippen LogP contribution is -2.48.